The maximum absolute atomic E-state index is 12.9. The van der Waals surface area contributed by atoms with Gasteiger partial charge >= 0.3 is 5.97 Å². The Labute approximate surface area is 87.7 Å². The van der Waals surface area contributed by atoms with Crippen LogP contribution in [0.3, 0.4) is 0 Å². The lowest BCUT2D eigenvalue weighted by Crippen LogP contribution is -2.45. The number of carbonyl (C=O) groups is 1. The van der Waals surface area contributed by atoms with E-state index < -0.39 is 18.1 Å². The zero-order valence-electron chi connectivity index (χ0n) is 8.53. The van der Waals surface area contributed by atoms with Crippen LogP contribution in [0.15, 0.2) is 24.3 Å². The predicted molar refractivity (Wildman–Crippen MR) is 55.5 cm³/mol. The molecule has 1 unspecified atom stereocenters. The molecule has 1 aromatic rings. The number of aryl methyl sites for hydroxylation is 1. The summed E-state index contributed by atoms with van der Waals surface area (Å²) in [5.41, 5.74) is 5.17. The summed E-state index contributed by atoms with van der Waals surface area (Å²) in [6.45, 7) is 0.633. The van der Waals surface area contributed by atoms with Gasteiger partial charge in [-0.3, -0.25) is 4.79 Å². The summed E-state index contributed by atoms with van der Waals surface area (Å²) >= 11 is 0. The van der Waals surface area contributed by atoms with Crippen LogP contribution in [0.25, 0.3) is 0 Å². The molecule has 0 aromatic heterocycles. The lowest BCUT2D eigenvalue weighted by atomic mass is 9.81. The van der Waals surface area contributed by atoms with Crippen LogP contribution in [0.2, 0.25) is 0 Å². The molecule has 0 fully saturated rings. The molecule has 0 aliphatic carbocycles. The fourth-order valence-electron chi connectivity index (χ4n) is 1.39. The molecule has 82 valence electrons. The molecule has 3 N–H and O–H groups in total. The highest BCUT2D eigenvalue weighted by Gasteiger charge is 2.39. The van der Waals surface area contributed by atoms with E-state index in [0.29, 0.717) is 5.56 Å². The quantitative estimate of drug-likeness (QED) is 0.787. The zero-order chi connectivity index (χ0) is 11.5. The van der Waals surface area contributed by atoms with Gasteiger partial charge in [0.2, 0.25) is 0 Å². The van der Waals surface area contributed by atoms with Gasteiger partial charge in [-0.1, -0.05) is 29.8 Å². The predicted octanol–water partition coefficient (Wildman–Crippen LogP) is 1.25. The van der Waals surface area contributed by atoms with E-state index in [1.807, 2.05) is 6.92 Å². The zero-order valence-corrected chi connectivity index (χ0v) is 8.53. The first-order valence-electron chi connectivity index (χ1n) is 4.63. The highest BCUT2D eigenvalue weighted by Crippen LogP contribution is 2.24. The van der Waals surface area contributed by atoms with Crippen molar-refractivity contribution < 1.29 is 14.3 Å². The van der Waals surface area contributed by atoms with E-state index >= 15 is 0 Å². The van der Waals surface area contributed by atoms with Gasteiger partial charge in [0.15, 0.2) is 0 Å². The third-order valence-electron chi connectivity index (χ3n) is 2.59. The summed E-state index contributed by atoms with van der Waals surface area (Å²) in [6, 6.07) is 6.71. The first-order valence-corrected chi connectivity index (χ1v) is 4.63. The standard InChI is InChI=1S/C11H14FNO2/c1-8-2-4-9(5-3-8)11(6-12,7-13)10(14)15/h2-5H,6-7,13H2,1H3,(H,14,15). The van der Waals surface area contributed by atoms with Crippen molar-refractivity contribution in [2.24, 2.45) is 5.73 Å². The fraction of sp³-hybridized carbons (Fsp3) is 0.364. The third-order valence-corrected chi connectivity index (χ3v) is 2.59. The Kier molecular flexibility index (Phi) is 3.42. The Morgan fingerprint density at radius 3 is 2.33 bits per heavy atom. The van der Waals surface area contributed by atoms with Crippen LogP contribution in [0.1, 0.15) is 11.1 Å². The number of rotatable bonds is 4. The molecule has 0 radical (unpaired) electrons. The van der Waals surface area contributed by atoms with Crippen LogP contribution in [0, 0.1) is 6.92 Å². The number of carboxylic acids is 1. The molecule has 15 heavy (non-hydrogen) atoms. The minimum absolute atomic E-state index is 0.248. The minimum Gasteiger partial charge on any atom is -0.480 e. The number of hydrogen-bond donors (Lipinski definition) is 2. The van der Waals surface area contributed by atoms with Crippen molar-refractivity contribution >= 4 is 5.97 Å². The van der Waals surface area contributed by atoms with Crippen LogP contribution < -0.4 is 5.73 Å². The molecular weight excluding hydrogens is 197 g/mol. The molecule has 0 amide bonds. The Morgan fingerprint density at radius 2 is 2.00 bits per heavy atom. The highest BCUT2D eigenvalue weighted by molar-refractivity contribution is 5.82. The molecule has 1 rings (SSSR count). The van der Waals surface area contributed by atoms with Gasteiger partial charge in [-0.2, -0.15) is 0 Å². The average Bonchev–Trinajstić information content (AvgIpc) is 2.22. The van der Waals surface area contributed by atoms with Crippen molar-refractivity contribution in [3.63, 3.8) is 0 Å². The summed E-state index contributed by atoms with van der Waals surface area (Å²) in [5.74, 6) is -1.23. The van der Waals surface area contributed by atoms with Gasteiger partial charge in [0.05, 0.1) is 0 Å². The van der Waals surface area contributed by atoms with E-state index in [-0.39, 0.29) is 6.54 Å². The van der Waals surface area contributed by atoms with Crippen LogP contribution >= 0.6 is 0 Å². The van der Waals surface area contributed by atoms with Crippen LogP contribution in [-0.2, 0) is 10.2 Å². The molecule has 0 saturated carbocycles. The fourth-order valence-corrected chi connectivity index (χ4v) is 1.39. The average molecular weight is 211 g/mol. The summed E-state index contributed by atoms with van der Waals surface area (Å²) < 4.78 is 12.9. The number of carboxylic acid groups (broad SMARTS) is 1. The summed E-state index contributed by atoms with van der Waals surface area (Å²) in [5, 5.41) is 9.03. The molecule has 0 heterocycles. The van der Waals surface area contributed by atoms with Crippen molar-refractivity contribution in [1.82, 2.24) is 0 Å². The minimum atomic E-state index is -1.60. The largest absolute Gasteiger partial charge is 0.480 e. The van der Waals surface area contributed by atoms with Crippen LogP contribution in [0.4, 0.5) is 4.39 Å². The van der Waals surface area contributed by atoms with Gasteiger partial charge in [-0.15, -0.1) is 0 Å². The molecule has 0 spiro atoms. The second-order valence-electron chi connectivity index (χ2n) is 3.59. The molecular formula is C11H14FNO2. The number of benzene rings is 1. The molecule has 1 aromatic carbocycles. The summed E-state index contributed by atoms with van der Waals surface area (Å²) in [4.78, 5) is 11.0. The molecule has 0 bridgehead atoms. The van der Waals surface area contributed by atoms with E-state index in [2.05, 4.69) is 0 Å². The van der Waals surface area contributed by atoms with E-state index in [4.69, 9.17) is 10.8 Å². The van der Waals surface area contributed by atoms with Gasteiger partial charge in [-0.05, 0) is 12.5 Å². The normalized spacial score (nSPS) is 14.6. The van der Waals surface area contributed by atoms with E-state index in [0.717, 1.165) is 5.56 Å². The Morgan fingerprint density at radius 1 is 1.47 bits per heavy atom. The van der Waals surface area contributed by atoms with Gasteiger partial charge in [0, 0.05) is 6.54 Å². The van der Waals surface area contributed by atoms with Gasteiger partial charge in [-0.25, -0.2) is 4.39 Å². The maximum Gasteiger partial charge on any atom is 0.318 e. The number of hydrogen-bond acceptors (Lipinski definition) is 2. The number of halogens is 1. The number of aliphatic carboxylic acids is 1. The lowest BCUT2D eigenvalue weighted by Gasteiger charge is -2.24. The smallest absolute Gasteiger partial charge is 0.318 e. The van der Waals surface area contributed by atoms with Crippen molar-refractivity contribution in [3.05, 3.63) is 35.4 Å². The second-order valence-corrected chi connectivity index (χ2v) is 3.59. The maximum atomic E-state index is 12.9. The molecule has 0 aliphatic rings. The molecule has 1 atom stereocenters. The Balaban J connectivity index is 3.20. The molecule has 4 heteroatoms. The first-order chi connectivity index (χ1) is 7.06. The Bertz CT molecular complexity index is 344. The van der Waals surface area contributed by atoms with E-state index in [9.17, 15) is 9.18 Å². The molecule has 0 aliphatic heterocycles. The SMILES string of the molecule is Cc1ccc(C(CN)(CF)C(=O)O)cc1. The Hall–Kier alpha value is -1.42. The van der Waals surface area contributed by atoms with Crippen molar-refractivity contribution in [2.45, 2.75) is 12.3 Å². The van der Waals surface area contributed by atoms with Gasteiger partial charge < -0.3 is 10.8 Å². The third kappa shape index (κ3) is 1.99. The molecule has 0 saturated heterocycles. The topological polar surface area (TPSA) is 63.3 Å². The van der Waals surface area contributed by atoms with Crippen LogP contribution in [-0.4, -0.2) is 24.3 Å². The van der Waals surface area contributed by atoms with Crippen LogP contribution in [0.5, 0.6) is 0 Å². The van der Waals surface area contributed by atoms with Crippen molar-refractivity contribution in [3.8, 4) is 0 Å². The highest BCUT2D eigenvalue weighted by atomic mass is 19.1. The van der Waals surface area contributed by atoms with Crippen molar-refractivity contribution in [2.75, 3.05) is 13.2 Å². The number of nitrogens with two attached hydrogens (primary N) is 1. The number of alkyl halides is 1. The summed E-state index contributed by atoms with van der Waals surface area (Å²) in [6.07, 6.45) is 0. The van der Waals surface area contributed by atoms with E-state index in [1.54, 1.807) is 24.3 Å². The molecule has 3 nitrogen and oxygen atoms in total. The second kappa shape index (κ2) is 4.40. The van der Waals surface area contributed by atoms with Gasteiger partial charge in [0.25, 0.3) is 0 Å². The van der Waals surface area contributed by atoms with Crippen molar-refractivity contribution in [1.29, 1.82) is 0 Å². The summed E-state index contributed by atoms with van der Waals surface area (Å²) in [7, 11) is 0. The van der Waals surface area contributed by atoms with Gasteiger partial charge in [0.1, 0.15) is 12.1 Å². The lowest BCUT2D eigenvalue weighted by molar-refractivity contribution is -0.144. The first kappa shape index (κ1) is 11.7. The monoisotopic (exact) mass is 211 g/mol. The van der Waals surface area contributed by atoms with E-state index in [1.165, 1.54) is 0 Å².